The van der Waals surface area contributed by atoms with Crippen molar-refractivity contribution in [2.24, 2.45) is 5.92 Å². The van der Waals surface area contributed by atoms with Gasteiger partial charge in [-0.1, -0.05) is 12.1 Å². The van der Waals surface area contributed by atoms with Gasteiger partial charge in [0.1, 0.15) is 5.78 Å². The van der Waals surface area contributed by atoms with Gasteiger partial charge in [-0.05, 0) is 37.0 Å². The number of aryl methyl sites for hydroxylation is 1. The SMILES string of the molecule is Nc1ccc(CCC(=O)C2CCCOC2)cc1. The lowest BCUT2D eigenvalue weighted by Crippen LogP contribution is -2.25. The first kappa shape index (κ1) is 12.1. The van der Waals surface area contributed by atoms with Crippen LogP contribution < -0.4 is 5.73 Å². The van der Waals surface area contributed by atoms with E-state index >= 15 is 0 Å². The molecule has 0 aromatic heterocycles. The summed E-state index contributed by atoms with van der Waals surface area (Å²) in [6.07, 6.45) is 3.41. The molecule has 1 aromatic carbocycles. The van der Waals surface area contributed by atoms with Gasteiger partial charge in [0.15, 0.2) is 0 Å². The molecule has 0 radical (unpaired) electrons. The van der Waals surface area contributed by atoms with Gasteiger partial charge in [0.25, 0.3) is 0 Å². The number of hydrogen-bond donors (Lipinski definition) is 1. The van der Waals surface area contributed by atoms with Gasteiger partial charge < -0.3 is 10.5 Å². The highest BCUT2D eigenvalue weighted by Crippen LogP contribution is 2.17. The summed E-state index contributed by atoms with van der Waals surface area (Å²) in [5, 5.41) is 0. The van der Waals surface area contributed by atoms with Crippen LogP contribution >= 0.6 is 0 Å². The number of Topliss-reactive ketones (excluding diaryl/α,β-unsaturated/α-hetero) is 1. The number of benzene rings is 1. The van der Waals surface area contributed by atoms with Crippen LogP contribution in [-0.2, 0) is 16.0 Å². The van der Waals surface area contributed by atoms with E-state index < -0.39 is 0 Å². The van der Waals surface area contributed by atoms with Crippen molar-refractivity contribution in [3.8, 4) is 0 Å². The highest BCUT2D eigenvalue weighted by Gasteiger charge is 2.20. The number of hydrogen-bond acceptors (Lipinski definition) is 3. The lowest BCUT2D eigenvalue weighted by molar-refractivity contribution is -0.126. The minimum Gasteiger partial charge on any atom is -0.399 e. The Labute approximate surface area is 102 Å². The third kappa shape index (κ3) is 3.56. The molecule has 1 aromatic rings. The van der Waals surface area contributed by atoms with Crippen LogP contribution in [-0.4, -0.2) is 19.0 Å². The van der Waals surface area contributed by atoms with E-state index in [2.05, 4.69) is 0 Å². The van der Waals surface area contributed by atoms with Crippen LogP contribution in [0.25, 0.3) is 0 Å². The van der Waals surface area contributed by atoms with E-state index in [-0.39, 0.29) is 5.92 Å². The Kier molecular flexibility index (Phi) is 4.15. The van der Waals surface area contributed by atoms with Gasteiger partial charge in [0.2, 0.25) is 0 Å². The van der Waals surface area contributed by atoms with E-state index in [0.29, 0.717) is 18.8 Å². The van der Waals surface area contributed by atoms with Crippen molar-refractivity contribution < 1.29 is 9.53 Å². The second kappa shape index (κ2) is 5.82. The predicted octanol–water partition coefficient (Wildman–Crippen LogP) is 2.20. The van der Waals surface area contributed by atoms with Gasteiger partial charge in [-0.15, -0.1) is 0 Å². The Morgan fingerprint density at radius 1 is 1.35 bits per heavy atom. The Balaban J connectivity index is 1.81. The van der Waals surface area contributed by atoms with Crippen molar-refractivity contribution in [1.29, 1.82) is 0 Å². The predicted molar refractivity (Wildman–Crippen MR) is 67.7 cm³/mol. The van der Waals surface area contributed by atoms with Crippen LogP contribution in [0.5, 0.6) is 0 Å². The fourth-order valence-corrected chi connectivity index (χ4v) is 2.15. The molecular weight excluding hydrogens is 214 g/mol. The summed E-state index contributed by atoms with van der Waals surface area (Å²) >= 11 is 0. The molecule has 2 rings (SSSR count). The van der Waals surface area contributed by atoms with Crippen molar-refractivity contribution in [2.75, 3.05) is 18.9 Å². The summed E-state index contributed by atoms with van der Waals surface area (Å²) in [5.74, 6) is 0.457. The van der Waals surface area contributed by atoms with E-state index in [4.69, 9.17) is 10.5 Å². The van der Waals surface area contributed by atoms with Crippen LogP contribution in [0.3, 0.4) is 0 Å². The summed E-state index contributed by atoms with van der Waals surface area (Å²) in [6.45, 7) is 1.42. The number of nitrogen functional groups attached to an aromatic ring is 1. The maximum atomic E-state index is 11.9. The lowest BCUT2D eigenvalue weighted by atomic mass is 9.93. The van der Waals surface area contributed by atoms with Crippen LogP contribution in [0.4, 0.5) is 5.69 Å². The quantitative estimate of drug-likeness (QED) is 0.811. The molecule has 1 atom stereocenters. The fraction of sp³-hybridized carbons (Fsp3) is 0.500. The molecule has 1 fully saturated rings. The van der Waals surface area contributed by atoms with Crippen molar-refractivity contribution in [3.63, 3.8) is 0 Å². The smallest absolute Gasteiger partial charge is 0.138 e. The molecule has 3 heteroatoms. The molecule has 1 unspecified atom stereocenters. The molecule has 2 N–H and O–H groups in total. The van der Waals surface area contributed by atoms with E-state index in [1.54, 1.807) is 0 Å². The maximum Gasteiger partial charge on any atom is 0.138 e. The number of ether oxygens (including phenoxy) is 1. The average molecular weight is 233 g/mol. The van der Waals surface area contributed by atoms with Crippen LogP contribution in [0.15, 0.2) is 24.3 Å². The van der Waals surface area contributed by atoms with Gasteiger partial charge >= 0.3 is 0 Å². The first-order chi connectivity index (χ1) is 8.25. The Hall–Kier alpha value is -1.35. The molecule has 0 aliphatic carbocycles. The summed E-state index contributed by atoms with van der Waals surface area (Å²) in [5.41, 5.74) is 7.55. The van der Waals surface area contributed by atoms with E-state index in [1.165, 1.54) is 5.56 Å². The number of carbonyl (C=O) groups is 1. The summed E-state index contributed by atoms with van der Waals surface area (Å²) in [6, 6.07) is 7.73. The monoisotopic (exact) mass is 233 g/mol. The molecule has 0 amide bonds. The number of anilines is 1. The summed E-state index contributed by atoms with van der Waals surface area (Å²) in [7, 11) is 0. The van der Waals surface area contributed by atoms with Crippen LogP contribution in [0.2, 0.25) is 0 Å². The zero-order valence-electron chi connectivity index (χ0n) is 10.0. The van der Waals surface area contributed by atoms with Crippen LogP contribution in [0, 0.1) is 5.92 Å². The standard InChI is InChI=1S/C14H19NO2/c15-13-6-3-11(4-7-13)5-8-14(16)12-2-1-9-17-10-12/h3-4,6-7,12H,1-2,5,8-10,15H2. The second-order valence-corrected chi connectivity index (χ2v) is 4.62. The second-order valence-electron chi connectivity index (χ2n) is 4.62. The molecule has 1 aliphatic rings. The van der Waals surface area contributed by atoms with Crippen molar-refractivity contribution >= 4 is 11.5 Å². The number of nitrogens with two attached hydrogens (primary N) is 1. The number of ketones is 1. The van der Waals surface area contributed by atoms with Gasteiger partial charge in [0.05, 0.1) is 6.61 Å². The van der Waals surface area contributed by atoms with E-state index in [0.717, 1.165) is 31.6 Å². The van der Waals surface area contributed by atoms with Gasteiger partial charge in [0, 0.05) is 24.6 Å². The van der Waals surface area contributed by atoms with Gasteiger partial charge in [-0.3, -0.25) is 4.79 Å². The highest BCUT2D eigenvalue weighted by atomic mass is 16.5. The third-order valence-corrected chi connectivity index (χ3v) is 3.26. The molecule has 0 spiro atoms. The first-order valence-corrected chi connectivity index (χ1v) is 6.20. The molecule has 17 heavy (non-hydrogen) atoms. The summed E-state index contributed by atoms with van der Waals surface area (Å²) in [4.78, 5) is 11.9. The van der Waals surface area contributed by atoms with Crippen LogP contribution in [0.1, 0.15) is 24.8 Å². The van der Waals surface area contributed by atoms with E-state index in [9.17, 15) is 4.79 Å². The Morgan fingerprint density at radius 3 is 2.76 bits per heavy atom. The largest absolute Gasteiger partial charge is 0.399 e. The molecular formula is C14H19NO2. The zero-order valence-corrected chi connectivity index (χ0v) is 10.0. The summed E-state index contributed by atoms with van der Waals surface area (Å²) < 4.78 is 5.33. The normalized spacial score (nSPS) is 20.1. The van der Waals surface area contributed by atoms with E-state index in [1.807, 2.05) is 24.3 Å². The first-order valence-electron chi connectivity index (χ1n) is 6.20. The number of carbonyl (C=O) groups excluding carboxylic acids is 1. The lowest BCUT2D eigenvalue weighted by Gasteiger charge is -2.20. The van der Waals surface area contributed by atoms with Crippen molar-refractivity contribution in [3.05, 3.63) is 29.8 Å². The third-order valence-electron chi connectivity index (χ3n) is 3.26. The highest BCUT2D eigenvalue weighted by molar-refractivity contribution is 5.81. The molecule has 1 aliphatic heterocycles. The minimum absolute atomic E-state index is 0.123. The molecule has 92 valence electrons. The van der Waals surface area contributed by atoms with Crippen molar-refractivity contribution in [2.45, 2.75) is 25.7 Å². The molecule has 1 saturated heterocycles. The molecule has 0 saturated carbocycles. The Morgan fingerprint density at radius 2 is 2.12 bits per heavy atom. The molecule has 0 bridgehead atoms. The van der Waals surface area contributed by atoms with Gasteiger partial charge in [-0.25, -0.2) is 0 Å². The van der Waals surface area contributed by atoms with Crippen molar-refractivity contribution in [1.82, 2.24) is 0 Å². The maximum absolute atomic E-state index is 11.9. The molecule has 1 heterocycles. The number of rotatable bonds is 4. The fourth-order valence-electron chi connectivity index (χ4n) is 2.15. The minimum atomic E-state index is 0.123. The molecule has 3 nitrogen and oxygen atoms in total. The topological polar surface area (TPSA) is 52.3 Å². The van der Waals surface area contributed by atoms with Gasteiger partial charge in [-0.2, -0.15) is 0 Å². The average Bonchev–Trinajstić information content (AvgIpc) is 2.39. The zero-order chi connectivity index (χ0) is 12.1. The Bertz CT molecular complexity index is 366.